The Hall–Kier alpha value is -0.120. The van der Waals surface area contributed by atoms with Crippen molar-refractivity contribution >= 4 is 0 Å². The lowest BCUT2D eigenvalue weighted by atomic mass is 10.2. The largest absolute Gasteiger partial charge is 0.394 e. The first-order valence-corrected chi connectivity index (χ1v) is 4.06. The number of hydrogen-bond donors (Lipinski definition) is 1. The van der Waals surface area contributed by atoms with Crippen LogP contribution in [-0.2, 0) is 9.47 Å². The molecule has 3 nitrogen and oxygen atoms in total. The van der Waals surface area contributed by atoms with Crippen molar-refractivity contribution in [3.05, 3.63) is 0 Å². The maximum Gasteiger partial charge on any atom is 0.0806 e. The molecule has 1 unspecified atom stereocenters. The monoisotopic (exact) mass is 162 g/mol. The van der Waals surface area contributed by atoms with Gasteiger partial charge in [0.25, 0.3) is 0 Å². The Morgan fingerprint density at radius 3 is 2.64 bits per heavy atom. The molecule has 0 aliphatic rings. The Morgan fingerprint density at radius 1 is 1.45 bits per heavy atom. The summed E-state index contributed by atoms with van der Waals surface area (Å²) in [5.41, 5.74) is 0. The second-order valence-electron chi connectivity index (χ2n) is 2.39. The van der Waals surface area contributed by atoms with Crippen molar-refractivity contribution in [3.63, 3.8) is 0 Å². The van der Waals surface area contributed by atoms with Gasteiger partial charge >= 0.3 is 0 Å². The van der Waals surface area contributed by atoms with E-state index in [1.165, 1.54) is 0 Å². The van der Waals surface area contributed by atoms with Crippen molar-refractivity contribution in [2.24, 2.45) is 0 Å². The van der Waals surface area contributed by atoms with E-state index < -0.39 is 0 Å². The molecule has 0 saturated heterocycles. The highest BCUT2D eigenvalue weighted by Gasteiger charge is 2.04. The van der Waals surface area contributed by atoms with Crippen molar-refractivity contribution in [2.45, 2.75) is 25.9 Å². The van der Waals surface area contributed by atoms with E-state index in [1.54, 1.807) is 7.11 Å². The number of ether oxygens (including phenoxy) is 2. The molecule has 68 valence electrons. The SMILES string of the molecule is CCOC(CO)CCCOC. The normalized spacial score (nSPS) is 13.4. The van der Waals surface area contributed by atoms with Crippen molar-refractivity contribution in [1.82, 2.24) is 0 Å². The summed E-state index contributed by atoms with van der Waals surface area (Å²) in [5.74, 6) is 0. The van der Waals surface area contributed by atoms with Crippen LogP contribution in [0.25, 0.3) is 0 Å². The fraction of sp³-hybridized carbons (Fsp3) is 1.00. The first-order chi connectivity index (χ1) is 5.35. The maximum absolute atomic E-state index is 8.79. The second kappa shape index (κ2) is 7.98. The summed E-state index contributed by atoms with van der Waals surface area (Å²) in [7, 11) is 1.68. The van der Waals surface area contributed by atoms with E-state index in [-0.39, 0.29) is 12.7 Å². The van der Waals surface area contributed by atoms with Gasteiger partial charge in [0.15, 0.2) is 0 Å². The Bertz CT molecular complexity index is 75.7. The molecule has 0 rings (SSSR count). The van der Waals surface area contributed by atoms with Crippen LogP contribution >= 0.6 is 0 Å². The van der Waals surface area contributed by atoms with Crippen LogP contribution in [0.1, 0.15) is 19.8 Å². The van der Waals surface area contributed by atoms with E-state index in [0.717, 1.165) is 19.4 Å². The fourth-order valence-corrected chi connectivity index (χ4v) is 0.918. The molecule has 0 heterocycles. The van der Waals surface area contributed by atoms with Crippen LogP contribution in [-0.4, -0.2) is 38.1 Å². The highest BCUT2D eigenvalue weighted by atomic mass is 16.5. The molecular weight excluding hydrogens is 144 g/mol. The zero-order chi connectivity index (χ0) is 8.53. The van der Waals surface area contributed by atoms with Gasteiger partial charge in [-0.1, -0.05) is 0 Å². The number of hydrogen-bond acceptors (Lipinski definition) is 3. The number of rotatable bonds is 7. The van der Waals surface area contributed by atoms with E-state index in [1.807, 2.05) is 6.92 Å². The minimum atomic E-state index is -0.00449. The Kier molecular flexibility index (Phi) is 7.89. The topological polar surface area (TPSA) is 38.7 Å². The molecule has 0 aromatic heterocycles. The van der Waals surface area contributed by atoms with Gasteiger partial charge in [0, 0.05) is 20.3 Å². The van der Waals surface area contributed by atoms with Crippen molar-refractivity contribution in [1.29, 1.82) is 0 Å². The predicted octanol–water partition coefficient (Wildman–Crippen LogP) is 0.810. The highest BCUT2D eigenvalue weighted by molar-refractivity contribution is 4.54. The molecule has 3 heteroatoms. The van der Waals surface area contributed by atoms with Crippen molar-refractivity contribution < 1.29 is 14.6 Å². The van der Waals surface area contributed by atoms with Crippen LogP contribution in [0, 0.1) is 0 Å². The minimum absolute atomic E-state index is 0.00449. The Balaban J connectivity index is 3.20. The van der Waals surface area contributed by atoms with Crippen LogP contribution in [0.2, 0.25) is 0 Å². The molecule has 0 spiro atoms. The number of aliphatic hydroxyl groups excluding tert-OH is 1. The van der Waals surface area contributed by atoms with E-state index in [0.29, 0.717) is 6.61 Å². The number of methoxy groups -OCH3 is 1. The molecule has 0 aromatic rings. The molecule has 0 fully saturated rings. The average Bonchev–Trinajstić information content (AvgIpc) is 2.03. The van der Waals surface area contributed by atoms with Gasteiger partial charge in [-0.25, -0.2) is 0 Å². The molecule has 0 aliphatic carbocycles. The smallest absolute Gasteiger partial charge is 0.0806 e. The number of aliphatic hydroxyl groups is 1. The third kappa shape index (κ3) is 6.28. The molecular formula is C8H18O3. The third-order valence-corrected chi connectivity index (χ3v) is 1.48. The van der Waals surface area contributed by atoms with E-state index in [4.69, 9.17) is 14.6 Å². The zero-order valence-electron chi connectivity index (χ0n) is 7.38. The van der Waals surface area contributed by atoms with Crippen molar-refractivity contribution in [3.8, 4) is 0 Å². The van der Waals surface area contributed by atoms with E-state index in [2.05, 4.69) is 0 Å². The van der Waals surface area contributed by atoms with Crippen LogP contribution in [0.5, 0.6) is 0 Å². The molecule has 11 heavy (non-hydrogen) atoms. The Labute approximate surface area is 68.3 Å². The van der Waals surface area contributed by atoms with Gasteiger partial charge in [-0.2, -0.15) is 0 Å². The lowest BCUT2D eigenvalue weighted by molar-refractivity contribution is 0.0101. The maximum atomic E-state index is 8.79. The van der Waals surface area contributed by atoms with Gasteiger partial charge in [-0.05, 0) is 19.8 Å². The van der Waals surface area contributed by atoms with Crippen LogP contribution in [0.3, 0.4) is 0 Å². The second-order valence-corrected chi connectivity index (χ2v) is 2.39. The molecule has 0 bridgehead atoms. The molecule has 1 atom stereocenters. The van der Waals surface area contributed by atoms with Gasteiger partial charge in [0.1, 0.15) is 0 Å². The average molecular weight is 162 g/mol. The Morgan fingerprint density at radius 2 is 2.18 bits per heavy atom. The quantitative estimate of drug-likeness (QED) is 0.563. The highest BCUT2D eigenvalue weighted by Crippen LogP contribution is 2.01. The van der Waals surface area contributed by atoms with Crippen LogP contribution in [0.4, 0.5) is 0 Å². The minimum Gasteiger partial charge on any atom is -0.394 e. The van der Waals surface area contributed by atoms with Gasteiger partial charge in [-0.3, -0.25) is 0 Å². The molecule has 0 aliphatic heterocycles. The van der Waals surface area contributed by atoms with E-state index >= 15 is 0 Å². The van der Waals surface area contributed by atoms with Crippen LogP contribution < -0.4 is 0 Å². The summed E-state index contributed by atoms with van der Waals surface area (Å²) in [4.78, 5) is 0. The van der Waals surface area contributed by atoms with Gasteiger partial charge in [0.2, 0.25) is 0 Å². The fourth-order valence-electron chi connectivity index (χ4n) is 0.918. The summed E-state index contributed by atoms with van der Waals surface area (Å²) in [6, 6.07) is 0. The molecule has 0 radical (unpaired) electrons. The first-order valence-electron chi connectivity index (χ1n) is 4.06. The summed E-state index contributed by atoms with van der Waals surface area (Å²) in [6.45, 7) is 3.44. The lowest BCUT2D eigenvalue weighted by Gasteiger charge is -2.12. The summed E-state index contributed by atoms with van der Waals surface area (Å²) < 4.78 is 10.1. The molecule has 0 saturated carbocycles. The van der Waals surface area contributed by atoms with Gasteiger partial charge < -0.3 is 14.6 Å². The van der Waals surface area contributed by atoms with Gasteiger partial charge in [0.05, 0.1) is 12.7 Å². The summed E-state index contributed by atoms with van der Waals surface area (Å²) in [5, 5.41) is 8.79. The molecule has 0 aromatic carbocycles. The van der Waals surface area contributed by atoms with Gasteiger partial charge in [-0.15, -0.1) is 0 Å². The van der Waals surface area contributed by atoms with Crippen molar-refractivity contribution in [2.75, 3.05) is 26.9 Å². The first kappa shape index (κ1) is 10.9. The molecule has 1 N–H and O–H groups in total. The summed E-state index contributed by atoms with van der Waals surface area (Å²) in [6.07, 6.45) is 1.81. The third-order valence-electron chi connectivity index (χ3n) is 1.48. The lowest BCUT2D eigenvalue weighted by Crippen LogP contribution is -2.18. The predicted molar refractivity (Wildman–Crippen MR) is 43.6 cm³/mol. The standard InChI is InChI=1S/C8H18O3/c1-3-11-8(7-9)5-4-6-10-2/h8-9H,3-7H2,1-2H3. The summed E-state index contributed by atoms with van der Waals surface area (Å²) >= 11 is 0. The zero-order valence-corrected chi connectivity index (χ0v) is 7.38. The van der Waals surface area contributed by atoms with E-state index in [9.17, 15) is 0 Å². The van der Waals surface area contributed by atoms with Crippen LogP contribution in [0.15, 0.2) is 0 Å². The molecule has 0 amide bonds.